The van der Waals surface area contributed by atoms with Gasteiger partial charge in [0.15, 0.2) is 13.1 Å². The molecule has 1 heterocycles. The molecule has 1 rings (SSSR count). The van der Waals surface area contributed by atoms with Crippen molar-refractivity contribution in [3.8, 4) is 0 Å². The molecule has 0 spiro atoms. The topological polar surface area (TPSA) is 88.9 Å². The van der Waals surface area contributed by atoms with Crippen molar-refractivity contribution in [3.63, 3.8) is 0 Å². The summed E-state index contributed by atoms with van der Waals surface area (Å²) in [6, 6.07) is 1.85. The molecule has 3 N–H and O–H groups in total. The second-order valence-electron chi connectivity index (χ2n) is 6.99. The Morgan fingerprint density at radius 2 is 1.74 bits per heavy atom. The van der Waals surface area contributed by atoms with Gasteiger partial charge in [-0.3, -0.25) is 9.59 Å². The van der Waals surface area contributed by atoms with Gasteiger partial charge in [0.25, 0.3) is 11.8 Å². The number of quaternary nitrogens is 1. The van der Waals surface area contributed by atoms with Gasteiger partial charge in [0.2, 0.25) is 0 Å². The lowest BCUT2D eigenvalue weighted by atomic mass is 10.1. The van der Waals surface area contributed by atoms with Gasteiger partial charge in [0.05, 0.1) is 18.7 Å². The Kier molecular flexibility index (Phi) is 9.45. The molecule has 0 aromatic carbocycles. The predicted octanol–water partition coefficient (Wildman–Crippen LogP) is 1.42. The molecule has 0 saturated heterocycles. The average Bonchev–Trinajstić information content (AvgIpc) is 2.97. The first-order chi connectivity index (χ1) is 12.7. The van der Waals surface area contributed by atoms with Gasteiger partial charge in [-0.1, -0.05) is 13.8 Å². The number of ether oxygens (including phenoxy) is 1. The van der Waals surface area contributed by atoms with Gasteiger partial charge in [0, 0.05) is 10.9 Å². The minimum Gasteiger partial charge on any atom is -0.462 e. The van der Waals surface area contributed by atoms with E-state index in [1.807, 2.05) is 34.6 Å². The van der Waals surface area contributed by atoms with Crippen LogP contribution >= 0.6 is 11.3 Å². The number of rotatable bonds is 10. The third-order valence-corrected chi connectivity index (χ3v) is 5.19. The molecule has 1 aromatic rings. The number of anilines is 1. The maximum absolute atomic E-state index is 12.5. The Bertz CT molecular complexity index is 655. The summed E-state index contributed by atoms with van der Waals surface area (Å²) in [4.78, 5) is 38.5. The molecule has 0 saturated carbocycles. The summed E-state index contributed by atoms with van der Waals surface area (Å²) in [7, 11) is 0. The normalized spacial score (nSPS) is 12.1. The van der Waals surface area contributed by atoms with Crippen LogP contribution in [0, 0.1) is 0 Å². The highest BCUT2D eigenvalue weighted by molar-refractivity contribution is 7.16. The molecular formula is C19H32N3O4S+. The van der Waals surface area contributed by atoms with E-state index in [0.29, 0.717) is 17.1 Å². The van der Waals surface area contributed by atoms with Crippen molar-refractivity contribution in [3.05, 3.63) is 16.5 Å². The average molecular weight is 399 g/mol. The van der Waals surface area contributed by atoms with Crippen LogP contribution in [0.25, 0.3) is 0 Å². The summed E-state index contributed by atoms with van der Waals surface area (Å²) in [5, 5.41) is 6.17. The van der Waals surface area contributed by atoms with Crippen molar-refractivity contribution >= 4 is 34.1 Å². The van der Waals surface area contributed by atoms with Crippen LogP contribution in [0.5, 0.6) is 0 Å². The van der Waals surface area contributed by atoms with Crippen LogP contribution in [0.15, 0.2) is 6.07 Å². The number of carbonyl (C=O) groups excluding carboxylic acids is 3. The van der Waals surface area contributed by atoms with E-state index in [1.165, 1.54) is 11.3 Å². The highest BCUT2D eigenvalue weighted by Gasteiger charge is 2.22. The number of likely N-dealkylation sites (N-methyl/N-ethyl adjacent to an activating group) is 1. The van der Waals surface area contributed by atoms with E-state index in [0.717, 1.165) is 9.78 Å². The molecule has 2 amide bonds. The van der Waals surface area contributed by atoms with Crippen molar-refractivity contribution in [1.82, 2.24) is 5.32 Å². The second kappa shape index (κ2) is 11.0. The number of thiophene rings is 1. The monoisotopic (exact) mass is 398 g/mol. The maximum atomic E-state index is 12.5. The summed E-state index contributed by atoms with van der Waals surface area (Å²) >= 11 is 1.39. The minimum absolute atomic E-state index is 0.0668. The first-order valence-corrected chi connectivity index (χ1v) is 10.2. The van der Waals surface area contributed by atoms with E-state index in [2.05, 4.69) is 10.6 Å². The van der Waals surface area contributed by atoms with Crippen LogP contribution in [0.2, 0.25) is 0 Å². The molecule has 0 aliphatic heterocycles. The fourth-order valence-electron chi connectivity index (χ4n) is 2.46. The Morgan fingerprint density at radius 3 is 2.26 bits per heavy atom. The molecule has 152 valence electrons. The summed E-state index contributed by atoms with van der Waals surface area (Å²) < 4.78 is 5.09. The Morgan fingerprint density at radius 1 is 1.11 bits per heavy atom. The quantitative estimate of drug-likeness (QED) is 0.520. The second-order valence-corrected chi connectivity index (χ2v) is 8.08. The lowest BCUT2D eigenvalue weighted by Crippen LogP contribution is -3.14. The molecule has 0 aliphatic carbocycles. The van der Waals surface area contributed by atoms with Crippen molar-refractivity contribution in [2.75, 3.05) is 31.6 Å². The lowest BCUT2D eigenvalue weighted by Gasteiger charge is -2.17. The van der Waals surface area contributed by atoms with E-state index in [4.69, 9.17) is 4.74 Å². The molecular weight excluding hydrogens is 366 g/mol. The highest BCUT2D eigenvalue weighted by atomic mass is 32.1. The van der Waals surface area contributed by atoms with Crippen LogP contribution in [0.1, 0.15) is 62.7 Å². The zero-order valence-corrected chi connectivity index (χ0v) is 17.9. The fraction of sp³-hybridized carbons (Fsp3) is 0.632. The summed E-state index contributed by atoms with van der Waals surface area (Å²) in [5.41, 5.74) is 0.384. The molecule has 27 heavy (non-hydrogen) atoms. The largest absolute Gasteiger partial charge is 0.462 e. The number of nitrogens with one attached hydrogen (secondary N) is 3. The van der Waals surface area contributed by atoms with Gasteiger partial charge in [-0.05, 0) is 39.7 Å². The van der Waals surface area contributed by atoms with E-state index < -0.39 is 5.97 Å². The number of esters is 1. The van der Waals surface area contributed by atoms with Crippen molar-refractivity contribution in [1.29, 1.82) is 0 Å². The van der Waals surface area contributed by atoms with E-state index in [-0.39, 0.29) is 43.5 Å². The first-order valence-electron chi connectivity index (χ1n) is 9.41. The van der Waals surface area contributed by atoms with E-state index in [9.17, 15) is 14.4 Å². The van der Waals surface area contributed by atoms with Gasteiger partial charge >= 0.3 is 5.97 Å². The van der Waals surface area contributed by atoms with Gasteiger partial charge in [-0.2, -0.15) is 0 Å². The van der Waals surface area contributed by atoms with Gasteiger partial charge in [-0.15, -0.1) is 11.3 Å². The minimum atomic E-state index is -0.438. The van der Waals surface area contributed by atoms with Crippen LogP contribution < -0.4 is 15.5 Å². The van der Waals surface area contributed by atoms with Crippen molar-refractivity contribution in [2.45, 2.75) is 53.5 Å². The van der Waals surface area contributed by atoms with Crippen molar-refractivity contribution < 1.29 is 24.0 Å². The standard InChI is InChI=1S/C19H31N3O4S/c1-7-22(10-16(23)20-13(5)6)11-17(24)21-18-14(19(25)26-8-2)9-15(27-18)12(3)4/h9,12-13H,7-8,10-11H2,1-6H3,(H,20,23)(H,21,24)/p+1. The molecule has 0 bridgehead atoms. The molecule has 1 atom stereocenters. The molecule has 7 nitrogen and oxygen atoms in total. The number of hydrogen-bond acceptors (Lipinski definition) is 5. The number of carbonyl (C=O) groups is 3. The summed E-state index contributed by atoms with van der Waals surface area (Å²) in [5.74, 6) is -0.509. The lowest BCUT2D eigenvalue weighted by molar-refractivity contribution is -0.881. The van der Waals surface area contributed by atoms with Crippen LogP contribution in [0.4, 0.5) is 5.00 Å². The molecule has 8 heteroatoms. The van der Waals surface area contributed by atoms with Crippen LogP contribution in [-0.2, 0) is 14.3 Å². The first kappa shape index (κ1) is 23.1. The fourth-order valence-corrected chi connectivity index (χ4v) is 3.52. The van der Waals surface area contributed by atoms with E-state index in [1.54, 1.807) is 13.0 Å². The number of hydrogen-bond donors (Lipinski definition) is 3. The maximum Gasteiger partial charge on any atom is 0.341 e. The number of amides is 2. The molecule has 1 unspecified atom stereocenters. The predicted molar refractivity (Wildman–Crippen MR) is 108 cm³/mol. The smallest absolute Gasteiger partial charge is 0.341 e. The molecule has 0 radical (unpaired) electrons. The highest BCUT2D eigenvalue weighted by Crippen LogP contribution is 2.33. The Balaban J connectivity index is 2.82. The third-order valence-electron chi connectivity index (χ3n) is 3.84. The Hall–Kier alpha value is -1.93. The van der Waals surface area contributed by atoms with Crippen LogP contribution in [0.3, 0.4) is 0 Å². The molecule has 1 aromatic heterocycles. The van der Waals surface area contributed by atoms with E-state index >= 15 is 0 Å². The summed E-state index contributed by atoms with van der Waals surface area (Å²) in [6.07, 6.45) is 0. The zero-order valence-electron chi connectivity index (χ0n) is 17.1. The zero-order chi connectivity index (χ0) is 20.6. The van der Waals surface area contributed by atoms with Gasteiger partial charge in [-0.25, -0.2) is 4.79 Å². The third kappa shape index (κ3) is 7.68. The van der Waals surface area contributed by atoms with Crippen LogP contribution in [-0.4, -0.2) is 50.1 Å². The Labute approximate surface area is 165 Å². The van der Waals surface area contributed by atoms with Crippen molar-refractivity contribution in [2.24, 2.45) is 0 Å². The molecule has 0 fully saturated rings. The van der Waals surface area contributed by atoms with Gasteiger partial charge < -0.3 is 20.3 Å². The summed E-state index contributed by atoms with van der Waals surface area (Å²) in [6.45, 7) is 12.8. The molecule has 0 aliphatic rings. The van der Waals surface area contributed by atoms with Gasteiger partial charge in [0.1, 0.15) is 5.00 Å². The SMILES string of the molecule is CCOC(=O)c1cc(C(C)C)sc1NC(=O)C[NH+](CC)CC(=O)NC(C)C.